The molecule has 3 rings (SSSR count). The Labute approximate surface area is 130 Å². The second kappa shape index (κ2) is 6.64. The molecule has 0 amide bonds. The zero-order valence-electron chi connectivity index (χ0n) is 12.9. The minimum Gasteiger partial charge on any atom is -0.444 e. The van der Waals surface area contributed by atoms with Gasteiger partial charge in [0.1, 0.15) is 12.0 Å². The number of nitrogens with zero attached hydrogens (tertiary/aromatic N) is 3. The molecule has 5 heteroatoms. The number of aromatic nitrogens is 1. The standard InChI is InChI=1S/C17H22N4O/c1-13-6-5-9-21(11-13)17(18)19-10-15-12-22-16(20-15)14-7-3-2-4-8-14/h2-4,7-8,12-13H,5-6,9-11H2,1H3,(H2,18,19). The zero-order chi connectivity index (χ0) is 15.4. The van der Waals surface area contributed by atoms with Crippen LogP contribution in [0.2, 0.25) is 0 Å². The summed E-state index contributed by atoms with van der Waals surface area (Å²) in [6.07, 6.45) is 4.10. The molecular formula is C17H22N4O. The van der Waals surface area contributed by atoms with Crippen LogP contribution in [0.1, 0.15) is 25.5 Å². The fourth-order valence-corrected chi connectivity index (χ4v) is 2.75. The second-order valence-electron chi connectivity index (χ2n) is 5.88. The Kier molecular flexibility index (Phi) is 4.42. The molecule has 116 valence electrons. The number of hydrogen-bond donors (Lipinski definition) is 1. The highest BCUT2D eigenvalue weighted by Gasteiger charge is 2.17. The van der Waals surface area contributed by atoms with Gasteiger partial charge in [0.25, 0.3) is 0 Å². The Morgan fingerprint density at radius 2 is 2.23 bits per heavy atom. The number of oxazole rings is 1. The first-order chi connectivity index (χ1) is 10.7. The number of likely N-dealkylation sites (tertiary alicyclic amines) is 1. The predicted octanol–water partition coefficient (Wildman–Crippen LogP) is 2.89. The number of guanidine groups is 1. The average molecular weight is 298 g/mol. The van der Waals surface area contributed by atoms with Crippen molar-refractivity contribution in [3.63, 3.8) is 0 Å². The van der Waals surface area contributed by atoms with E-state index < -0.39 is 0 Å². The minimum absolute atomic E-state index is 0.451. The van der Waals surface area contributed by atoms with E-state index >= 15 is 0 Å². The van der Waals surface area contributed by atoms with Crippen LogP contribution in [0, 0.1) is 5.92 Å². The van der Waals surface area contributed by atoms with E-state index in [4.69, 9.17) is 10.2 Å². The predicted molar refractivity (Wildman–Crippen MR) is 87.2 cm³/mol. The summed E-state index contributed by atoms with van der Waals surface area (Å²) in [7, 11) is 0. The molecule has 1 aromatic carbocycles. The Bertz CT molecular complexity index is 635. The smallest absolute Gasteiger partial charge is 0.226 e. The first kappa shape index (κ1) is 14.6. The third-order valence-electron chi connectivity index (χ3n) is 3.96. The number of aliphatic imine (C=N–C) groups is 1. The molecule has 1 aliphatic rings. The lowest BCUT2D eigenvalue weighted by molar-refractivity contribution is 0.270. The molecule has 0 spiro atoms. The Morgan fingerprint density at radius 3 is 3.00 bits per heavy atom. The number of piperidine rings is 1. The molecule has 1 atom stereocenters. The van der Waals surface area contributed by atoms with E-state index in [1.165, 1.54) is 12.8 Å². The maximum Gasteiger partial charge on any atom is 0.226 e. The van der Waals surface area contributed by atoms with E-state index in [-0.39, 0.29) is 0 Å². The largest absolute Gasteiger partial charge is 0.444 e. The van der Waals surface area contributed by atoms with Crippen molar-refractivity contribution in [2.45, 2.75) is 26.3 Å². The summed E-state index contributed by atoms with van der Waals surface area (Å²) in [5.74, 6) is 1.91. The Morgan fingerprint density at radius 1 is 1.41 bits per heavy atom. The first-order valence-corrected chi connectivity index (χ1v) is 7.77. The van der Waals surface area contributed by atoms with E-state index in [0.717, 1.165) is 24.3 Å². The van der Waals surface area contributed by atoms with Gasteiger partial charge in [-0.25, -0.2) is 9.98 Å². The van der Waals surface area contributed by atoms with Gasteiger partial charge in [0.05, 0.1) is 6.54 Å². The van der Waals surface area contributed by atoms with Crippen LogP contribution in [0.15, 0.2) is 46.0 Å². The lowest BCUT2D eigenvalue weighted by Gasteiger charge is -2.31. The van der Waals surface area contributed by atoms with Gasteiger partial charge in [0, 0.05) is 18.7 Å². The van der Waals surface area contributed by atoms with Crippen LogP contribution in [0.25, 0.3) is 11.5 Å². The maximum absolute atomic E-state index is 6.09. The van der Waals surface area contributed by atoms with Crippen molar-refractivity contribution in [3.8, 4) is 11.5 Å². The molecule has 2 N–H and O–H groups in total. The summed E-state index contributed by atoms with van der Waals surface area (Å²) in [5.41, 5.74) is 7.86. The van der Waals surface area contributed by atoms with Crippen molar-refractivity contribution in [2.75, 3.05) is 13.1 Å². The SMILES string of the molecule is CC1CCCN(C(N)=NCc2coc(-c3ccccc3)n2)C1. The highest BCUT2D eigenvalue weighted by Crippen LogP contribution is 2.18. The Balaban J connectivity index is 1.64. The number of rotatable bonds is 3. The third kappa shape index (κ3) is 3.47. The van der Waals surface area contributed by atoms with Crippen LogP contribution >= 0.6 is 0 Å². The summed E-state index contributed by atoms with van der Waals surface area (Å²) >= 11 is 0. The van der Waals surface area contributed by atoms with Gasteiger partial charge in [-0.2, -0.15) is 0 Å². The van der Waals surface area contributed by atoms with E-state index in [1.807, 2.05) is 30.3 Å². The fraction of sp³-hybridized carbons (Fsp3) is 0.412. The second-order valence-corrected chi connectivity index (χ2v) is 5.88. The van der Waals surface area contributed by atoms with Gasteiger partial charge in [-0.05, 0) is 30.9 Å². The van der Waals surface area contributed by atoms with Crippen LogP contribution in [-0.2, 0) is 6.54 Å². The van der Waals surface area contributed by atoms with Gasteiger partial charge in [-0.1, -0.05) is 25.1 Å². The first-order valence-electron chi connectivity index (χ1n) is 7.77. The minimum atomic E-state index is 0.451. The molecule has 1 aliphatic heterocycles. The zero-order valence-corrected chi connectivity index (χ0v) is 12.9. The quantitative estimate of drug-likeness (QED) is 0.699. The molecule has 0 saturated carbocycles. The van der Waals surface area contributed by atoms with E-state index in [0.29, 0.717) is 24.3 Å². The van der Waals surface area contributed by atoms with E-state index in [1.54, 1.807) is 6.26 Å². The van der Waals surface area contributed by atoms with Crippen molar-refractivity contribution in [2.24, 2.45) is 16.6 Å². The average Bonchev–Trinajstić information content (AvgIpc) is 3.02. The normalized spacial score (nSPS) is 19.4. The van der Waals surface area contributed by atoms with Gasteiger partial charge in [0.15, 0.2) is 5.96 Å². The number of benzene rings is 1. The molecule has 0 radical (unpaired) electrons. The maximum atomic E-state index is 6.09. The van der Waals surface area contributed by atoms with Crippen molar-refractivity contribution in [1.82, 2.24) is 9.88 Å². The molecule has 1 unspecified atom stereocenters. The van der Waals surface area contributed by atoms with Gasteiger partial charge in [0.2, 0.25) is 5.89 Å². The fourth-order valence-electron chi connectivity index (χ4n) is 2.75. The molecule has 0 aliphatic carbocycles. The van der Waals surface area contributed by atoms with Crippen LogP contribution in [0.3, 0.4) is 0 Å². The monoisotopic (exact) mass is 298 g/mol. The molecule has 2 aromatic rings. The molecule has 1 aromatic heterocycles. The van der Waals surface area contributed by atoms with Crippen molar-refractivity contribution in [1.29, 1.82) is 0 Å². The van der Waals surface area contributed by atoms with Gasteiger partial charge >= 0.3 is 0 Å². The van der Waals surface area contributed by atoms with Crippen LogP contribution < -0.4 is 5.73 Å². The van der Waals surface area contributed by atoms with Crippen molar-refractivity contribution < 1.29 is 4.42 Å². The summed E-state index contributed by atoms with van der Waals surface area (Å²) in [6, 6.07) is 9.85. The molecule has 5 nitrogen and oxygen atoms in total. The molecular weight excluding hydrogens is 276 g/mol. The summed E-state index contributed by atoms with van der Waals surface area (Å²) in [4.78, 5) is 11.1. The molecule has 2 heterocycles. The van der Waals surface area contributed by atoms with Gasteiger partial charge in [-0.3, -0.25) is 0 Å². The van der Waals surface area contributed by atoms with Crippen LogP contribution in [0.5, 0.6) is 0 Å². The van der Waals surface area contributed by atoms with Crippen LogP contribution in [0.4, 0.5) is 0 Å². The molecule has 1 saturated heterocycles. The highest BCUT2D eigenvalue weighted by molar-refractivity contribution is 5.78. The van der Waals surface area contributed by atoms with Crippen LogP contribution in [-0.4, -0.2) is 28.9 Å². The number of nitrogens with two attached hydrogens (primary N) is 1. The summed E-state index contributed by atoms with van der Waals surface area (Å²) in [6.45, 7) is 4.69. The lowest BCUT2D eigenvalue weighted by Crippen LogP contribution is -2.43. The summed E-state index contributed by atoms with van der Waals surface area (Å²) < 4.78 is 5.51. The van der Waals surface area contributed by atoms with Gasteiger partial charge in [-0.15, -0.1) is 0 Å². The number of hydrogen-bond acceptors (Lipinski definition) is 3. The van der Waals surface area contributed by atoms with Gasteiger partial charge < -0.3 is 15.1 Å². The topological polar surface area (TPSA) is 67.7 Å². The van der Waals surface area contributed by atoms with E-state index in [9.17, 15) is 0 Å². The summed E-state index contributed by atoms with van der Waals surface area (Å²) in [5, 5.41) is 0. The van der Waals surface area contributed by atoms with Crippen molar-refractivity contribution in [3.05, 3.63) is 42.3 Å². The van der Waals surface area contributed by atoms with E-state index in [2.05, 4.69) is 21.8 Å². The lowest BCUT2D eigenvalue weighted by atomic mass is 10.0. The third-order valence-corrected chi connectivity index (χ3v) is 3.96. The molecule has 22 heavy (non-hydrogen) atoms. The van der Waals surface area contributed by atoms with Crippen molar-refractivity contribution >= 4 is 5.96 Å². The Hall–Kier alpha value is -2.30. The molecule has 0 bridgehead atoms. The molecule has 1 fully saturated rings. The highest BCUT2D eigenvalue weighted by atomic mass is 16.3.